The lowest BCUT2D eigenvalue weighted by Crippen LogP contribution is -2.48. The third kappa shape index (κ3) is 6.04. The standard InChI is InChI=1S/C14H21BrN2O4S/c1-10(16-13(18)11-4-5-12(15)22-11)14(19)17(6-8-20-2)7-9-21-3/h4-5,10H,6-9H2,1-3H3,(H,16,18). The summed E-state index contributed by atoms with van der Waals surface area (Å²) in [6, 6.07) is 2.91. The zero-order valence-electron chi connectivity index (χ0n) is 12.9. The highest BCUT2D eigenvalue weighted by Gasteiger charge is 2.22. The molecule has 1 atom stereocenters. The Balaban J connectivity index is 2.61. The summed E-state index contributed by atoms with van der Waals surface area (Å²) < 4.78 is 10.9. The van der Waals surface area contributed by atoms with Gasteiger partial charge in [0.2, 0.25) is 5.91 Å². The normalized spacial score (nSPS) is 12.0. The van der Waals surface area contributed by atoms with Crippen molar-refractivity contribution >= 4 is 39.1 Å². The van der Waals surface area contributed by atoms with Crippen LogP contribution in [0.3, 0.4) is 0 Å². The van der Waals surface area contributed by atoms with E-state index in [1.807, 2.05) is 0 Å². The van der Waals surface area contributed by atoms with Gasteiger partial charge in [-0.15, -0.1) is 11.3 Å². The van der Waals surface area contributed by atoms with Gasteiger partial charge in [0.1, 0.15) is 6.04 Å². The second kappa shape index (κ2) is 9.94. The fourth-order valence-corrected chi connectivity index (χ4v) is 3.06. The van der Waals surface area contributed by atoms with Gasteiger partial charge in [0.25, 0.3) is 5.91 Å². The third-order valence-electron chi connectivity index (χ3n) is 2.96. The Morgan fingerprint density at radius 2 is 1.86 bits per heavy atom. The van der Waals surface area contributed by atoms with Gasteiger partial charge in [-0.2, -0.15) is 0 Å². The van der Waals surface area contributed by atoms with Gasteiger partial charge >= 0.3 is 0 Å². The van der Waals surface area contributed by atoms with Gasteiger partial charge in [0, 0.05) is 27.3 Å². The average Bonchev–Trinajstić information content (AvgIpc) is 2.93. The molecule has 0 saturated heterocycles. The van der Waals surface area contributed by atoms with E-state index in [0.717, 1.165) is 3.79 Å². The molecule has 1 aromatic rings. The minimum atomic E-state index is -0.609. The second-order valence-electron chi connectivity index (χ2n) is 4.61. The predicted molar refractivity (Wildman–Crippen MR) is 89.3 cm³/mol. The van der Waals surface area contributed by atoms with Crippen molar-refractivity contribution in [2.24, 2.45) is 0 Å². The maximum absolute atomic E-state index is 12.4. The fraction of sp³-hybridized carbons (Fsp3) is 0.571. The zero-order chi connectivity index (χ0) is 16.5. The molecule has 1 heterocycles. The van der Waals surface area contributed by atoms with E-state index in [4.69, 9.17) is 9.47 Å². The Morgan fingerprint density at radius 1 is 1.27 bits per heavy atom. The van der Waals surface area contributed by atoms with Gasteiger partial charge in [-0.3, -0.25) is 9.59 Å². The summed E-state index contributed by atoms with van der Waals surface area (Å²) in [6.07, 6.45) is 0. The third-order valence-corrected chi connectivity index (χ3v) is 4.58. The molecule has 2 amide bonds. The van der Waals surface area contributed by atoms with Crippen molar-refractivity contribution < 1.29 is 19.1 Å². The molecule has 0 aliphatic rings. The molecule has 1 unspecified atom stereocenters. The predicted octanol–water partition coefficient (Wildman–Crippen LogP) is 1.75. The number of carbonyl (C=O) groups excluding carboxylic acids is 2. The first kappa shape index (κ1) is 19.1. The number of hydrogen-bond acceptors (Lipinski definition) is 5. The first-order valence-corrected chi connectivity index (χ1v) is 8.43. The monoisotopic (exact) mass is 392 g/mol. The lowest BCUT2D eigenvalue weighted by atomic mass is 10.2. The van der Waals surface area contributed by atoms with E-state index in [9.17, 15) is 9.59 Å². The number of halogens is 1. The molecule has 0 aromatic carbocycles. The lowest BCUT2D eigenvalue weighted by Gasteiger charge is -2.25. The molecule has 1 N–H and O–H groups in total. The van der Waals surface area contributed by atoms with Crippen molar-refractivity contribution in [3.63, 3.8) is 0 Å². The Labute approximate surface area is 142 Å². The Bertz CT molecular complexity index is 487. The molecule has 0 bridgehead atoms. The summed E-state index contributed by atoms with van der Waals surface area (Å²) >= 11 is 4.64. The summed E-state index contributed by atoms with van der Waals surface area (Å²) in [4.78, 5) is 26.7. The van der Waals surface area contributed by atoms with Crippen LogP contribution in [0, 0.1) is 0 Å². The molecule has 0 saturated carbocycles. The van der Waals surface area contributed by atoms with Crippen LogP contribution in [0.15, 0.2) is 15.9 Å². The molecular formula is C14H21BrN2O4S. The summed E-state index contributed by atoms with van der Waals surface area (Å²) in [6.45, 7) is 3.48. The highest BCUT2D eigenvalue weighted by molar-refractivity contribution is 9.11. The van der Waals surface area contributed by atoms with Crippen molar-refractivity contribution in [2.75, 3.05) is 40.5 Å². The minimum Gasteiger partial charge on any atom is -0.383 e. The molecule has 0 radical (unpaired) electrons. The van der Waals surface area contributed by atoms with E-state index >= 15 is 0 Å². The smallest absolute Gasteiger partial charge is 0.262 e. The molecule has 124 valence electrons. The Kier molecular flexibility index (Phi) is 8.62. The van der Waals surface area contributed by atoms with Crippen LogP contribution in [0.2, 0.25) is 0 Å². The molecule has 0 fully saturated rings. The van der Waals surface area contributed by atoms with Crippen LogP contribution in [0.1, 0.15) is 16.6 Å². The van der Waals surface area contributed by atoms with Crippen LogP contribution in [-0.2, 0) is 14.3 Å². The van der Waals surface area contributed by atoms with E-state index in [2.05, 4.69) is 21.2 Å². The van der Waals surface area contributed by atoms with Crippen molar-refractivity contribution in [1.82, 2.24) is 10.2 Å². The zero-order valence-corrected chi connectivity index (χ0v) is 15.3. The number of hydrogen-bond donors (Lipinski definition) is 1. The van der Waals surface area contributed by atoms with E-state index in [0.29, 0.717) is 31.2 Å². The molecule has 8 heteroatoms. The number of amides is 2. The molecule has 0 aliphatic carbocycles. The maximum atomic E-state index is 12.4. The van der Waals surface area contributed by atoms with Crippen LogP contribution in [0.4, 0.5) is 0 Å². The van der Waals surface area contributed by atoms with Crippen LogP contribution < -0.4 is 5.32 Å². The molecule has 1 rings (SSSR count). The number of methoxy groups -OCH3 is 2. The van der Waals surface area contributed by atoms with E-state index in [-0.39, 0.29) is 11.8 Å². The maximum Gasteiger partial charge on any atom is 0.262 e. The minimum absolute atomic E-state index is 0.155. The summed E-state index contributed by atoms with van der Waals surface area (Å²) in [7, 11) is 3.16. The molecule has 22 heavy (non-hydrogen) atoms. The molecular weight excluding hydrogens is 372 g/mol. The molecule has 0 spiro atoms. The van der Waals surface area contributed by atoms with Crippen LogP contribution in [0.5, 0.6) is 0 Å². The van der Waals surface area contributed by atoms with Gasteiger partial charge in [-0.25, -0.2) is 0 Å². The number of carbonyl (C=O) groups is 2. The van der Waals surface area contributed by atoms with Crippen LogP contribution in [0.25, 0.3) is 0 Å². The van der Waals surface area contributed by atoms with Gasteiger partial charge in [-0.05, 0) is 35.0 Å². The number of nitrogens with one attached hydrogen (secondary N) is 1. The largest absolute Gasteiger partial charge is 0.383 e. The number of nitrogens with zero attached hydrogens (tertiary/aromatic N) is 1. The SMILES string of the molecule is COCCN(CCOC)C(=O)C(C)NC(=O)c1ccc(Br)s1. The highest BCUT2D eigenvalue weighted by atomic mass is 79.9. The Hall–Kier alpha value is -0.960. The lowest BCUT2D eigenvalue weighted by molar-refractivity contribution is -0.134. The number of rotatable bonds is 9. The first-order chi connectivity index (χ1) is 10.5. The van der Waals surface area contributed by atoms with Gasteiger partial charge in [0.05, 0.1) is 21.9 Å². The van der Waals surface area contributed by atoms with E-state index in [1.54, 1.807) is 38.2 Å². The van der Waals surface area contributed by atoms with Crippen LogP contribution >= 0.6 is 27.3 Å². The topological polar surface area (TPSA) is 67.9 Å². The van der Waals surface area contributed by atoms with Crippen molar-refractivity contribution in [2.45, 2.75) is 13.0 Å². The fourth-order valence-electron chi connectivity index (χ4n) is 1.77. The van der Waals surface area contributed by atoms with Crippen molar-refractivity contribution in [3.8, 4) is 0 Å². The van der Waals surface area contributed by atoms with E-state index < -0.39 is 6.04 Å². The second-order valence-corrected chi connectivity index (χ2v) is 7.07. The van der Waals surface area contributed by atoms with Crippen molar-refractivity contribution in [3.05, 3.63) is 20.8 Å². The Morgan fingerprint density at radius 3 is 2.32 bits per heavy atom. The molecule has 1 aromatic heterocycles. The van der Waals surface area contributed by atoms with Crippen molar-refractivity contribution in [1.29, 1.82) is 0 Å². The van der Waals surface area contributed by atoms with Crippen LogP contribution in [-0.4, -0.2) is 63.3 Å². The molecule has 0 aliphatic heterocycles. The number of thiophene rings is 1. The van der Waals surface area contributed by atoms with Gasteiger partial charge in [-0.1, -0.05) is 0 Å². The quantitative estimate of drug-likeness (QED) is 0.694. The summed E-state index contributed by atoms with van der Waals surface area (Å²) in [5.74, 6) is -0.409. The highest BCUT2D eigenvalue weighted by Crippen LogP contribution is 2.21. The van der Waals surface area contributed by atoms with Gasteiger partial charge in [0.15, 0.2) is 0 Å². The first-order valence-electron chi connectivity index (χ1n) is 6.82. The summed E-state index contributed by atoms with van der Waals surface area (Å²) in [5.41, 5.74) is 0. The van der Waals surface area contributed by atoms with E-state index in [1.165, 1.54) is 11.3 Å². The average molecular weight is 393 g/mol. The molecule has 6 nitrogen and oxygen atoms in total. The van der Waals surface area contributed by atoms with Gasteiger partial charge < -0.3 is 19.7 Å². The number of ether oxygens (including phenoxy) is 2. The summed E-state index contributed by atoms with van der Waals surface area (Å²) in [5, 5.41) is 2.72.